The van der Waals surface area contributed by atoms with Crippen LogP contribution >= 0.6 is 0 Å². The van der Waals surface area contributed by atoms with Crippen LogP contribution in [0.2, 0.25) is 4.28 Å². The van der Waals surface area contributed by atoms with Crippen LogP contribution < -0.4 is 0 Å². The second-order valence-electron chi connectivity index (χ2n) is 2.44. The van der Waals surface area contributed by atoms with E-state index < -0.39 is 0 Å². The zero-order valence-electron chi connectivity index (χ0n) is 5.17. The summed E-state index contributed by atoms with van der Waals surface area (Å²) in [7, 11) is 0. The van der Waals surface area contributed by atoms with E-state index in [9.17, 15) is 0 Å². The van der Waals surface area contributed by atoms with Crippen LogP contribution in [0.5, 0.6) is 0 Å². The third-order valence-corrected chi connectivity index (χ3v) is 3.51. The molecule has 3 heteroatoms. The zero-order valence-corrected chi connectivity index (χ0v) is 6.33. The molecule has 46 valence electrons. The fourth-order valence-electron chi connectivity index (χ4n) is 1.01. The van der Waals surface area contributed by atoms with Crippen LogP contribution in [0.3, 0.4) is 0 Å². The number of rotatable bonds is 2. The van der Waals surface area contributed by atoms with Crippen LogP contribution in [-0.2, 0) is 0 Å². The Bertz CT molecular complexity index is 174. The van der Waals surface area contributed by atoms with E-state index >= 15 is 0 Å². The Labute approximate surface area is 60.4 Å². The molecule has 9 heavy (non-hydrogen) atoms. The van der Waals surface area contributed by atoms with Gasteiger partial charge in [-0.1, -0.05) is 0 Å². The van der Waals surface area contributed by atoms with Crippen molar-refractivity contribution in [2.45, 2.75) is 10.7 Å². The van der Waals surface area contributed by atoms with Gasteiger partial charge >= 0.3 is 59.8 Å². The van der Waals surface area contributed by atoms with Gasteiger partial charge in [0.2, 0.25) is 0 Å². The first-order valence-electron chi connectivity index (χ1n) is 2.95. The van der Waals surface area contributed by atoms with E-state index in [4.69, 9.17) is 10.4 Å². The van der Waals surface area contributed by atoms with Crippen molar-refractivity contribution in [3.05, 3.63) is 0 Å². The van der Waals surface area contributed by atoms with E-state index in [0.29, 0.717) is 0 Å². The van der Waals surface area contributed by atoms with E-state index in [2.05, 4.69) is 11.5 Å². The van der Waals surface area contributed by atoms with Gasteiger partial charge in [-0.3, -0.25) is 0 Å². The van der Waals surface area contributed by atoms with Crippen molar-refractivity contribution in [1.29, 1.82) is 5.26 Å². The van der Waals surface area contributed by atoms with Crippen molar-refractivity contribution >= 4 is 20.2 Å². The minimum absolute atomic E-state index is 0.0325. The summed E-state index contributed by atoms with van der Waals surface area (Å²) in [6.07, 6.45) is 0.874. The normalized spacial score (nSPS) is 38.9. The second-order valence-corrected chi connectivity index (χ2v) is 3.88. The van der Waals surface area contributed by atoms with E-state index in [1.165, 1.54) is 0 Å². The fraction of sp³-hybridized carbons (Fsp3) is 0.667. The molecular weight excluding hydrogens is 129 g/mol. The molecular formula is C6H8AlNO. The van der Waals surface area contributed by atoms with Gasteiger partial charge < -0.3 is 0 Å². The summed E-state index contributed by atoms with van der Waals surface area (Å²) >= 11 is -0.0325. The van der Waals surface area contributed by atoms with Crippen molar-refractivity contribution in [2.24, 2.45) is 5.92 Å². The summed E-state index contributed by atoms with van der Waals surface area (Å²) in [5.74, 6) is 0.245. The molecule has 1 aliphatic rings. The number of hydrogen-bond acceptors (Lipinski definition) is 2. The molecule has 0 aromatic carbocycles. The van der Waals surface area contributed by atoms with Gasteiger partial charge in [0, 0.05) is 0 Å². The van der Waals surface area contributed by atoms with Gasteiger partial charge in [0.05, 0.1) is 0 Å². The quantitative estimate of drug-likeness (QED) is 0.536. The molecule has 0 aromatic heterocycles. The Morgan fingerprint density at radius 2 is 2.67 bits per heavy atom. The predicted octanol–water partition coefficient (Wildman–Crippen LogP) is -0.183. The molecule has 0 saturated heterocycles. The second kappa shape index (κ2) is 2.23. The van der Waals surface area contributed by atoms with Gasteiger partial charge in [0.1, 0.15) is 0 Å². The van der Waals surface area contributed by atoms with Crippen LogP contribution in [0, 0.1) is 17.2 Å². The fourth-order valence-corrected chi connectivity index (χ4v) is 1.99. The Kier molecular flexibility index (Phi) is 1.73. The van der Waals surface area contributed by atoms with Crippen LogP contribution in [0.15, 0.2) is 0 Å². The van der Waals surface area contributed by atoms with E-state index in [0.717, 1.165) is 6.42 Å². The number of aliphatic hydroxyl groups is 1. The first-order valence-corrected chi connectivity index (χ1v) is 4.34. The topological polar surface area (TPSA) is 44.0 Å². The molecule has 0 amide bonds. The molecule has 0 bridgehead atoms. The standard InChI is InChI=1S/C5H6NO.CH2.Al/c6-2-4-1-5(4)3-7;;/h5,7H,1,3H2;1H2;. The van der Waals surface area contributed by atoms with Crippen molar-refractivity contribution in [1.82, 2.24) is 0 Å². The maximum atomic E-state index is 8.64. The summed E-state index contributed by atoms with van der Waals surface area (Å²) in [6, 6.07) is 2.22. The van der Waals surface area contributed by atoms with Crippen LogP contribution in [0.1, 0.15) is 6.42 Å². The summed E-state index contributed by atoms with van der Waals surface area (Å²) in [6.45, 7) is 0.163. The van der Waals surface area contributed by atoms with Crippen LogP contribution in [0.25, 0.3) is 0 Å². The van der Waals surface area contributed by atoms with Gasteiger partial charge in [-0.25, -0.2) is 0 Å². The molecule has 1 N–H and O–H groups in total. The van der Waals surface area contributed by atoms with Gasteiger partial charge in [-0.15, -0.1) is 0 Å². The van der Waals surface area contributed by atoms with Crippen molar-refractivity contribution < 1.29 is 5.11 Å². The summed E-state index contributed by atoms with van der Waals surface area (Å²) in [4.78, 5) is 0. The number of nitriles is 1. The third-order valence-electron chi connectivity index (χ3n) is 1.95. The van der Waals surface area contributed by atoms with Crippen molar-refractivity contribution in [3.8, 4) is 6.07 Å². The third kappa shape index (κ3) is 0.947. The Balaban J connectivity index is 2.60. The Hall–Kier alpha value is -0.148. The summed E-state index contributed by atoms with van der Waals surface area (Å²) in [5.41, 5.74) is 0. The zero-order chi connectivity index (χ0) is 6.91. The summed E-state index contributed by atoms with van der Waals surface area (Å²) in [5, 5.41) is 21.0. The first-order chi connectivity index (χ1) is 4.29. The monoisotopic (exact) mass is 137 g/mol. The van der Waals surface area contributed by atoms with Gasteiger partial charge in [-0.2, -0.15) is 0 Å². The molecule has 1 rings (SSSR count). The Morgan fingerprint density at radius 1 is 2.00 bits per heavy atom. The van der Waals surface area contributed by atoms with Gasteiger partial charge in [0.15, 0.2) is 0 Å². The van der Waals surface area contributed by atoms with E-state index in [1.807, 2.05) is 0 Å². The van der Waals surface area contributed by atoms with Crippen molar-refractivity contribution in [2.75, 3.05) is 6.61 Å². The molecule has 2 atom stereocenters. The molecule has 0 aromatic rings. The van der Waals surface area contributed by atoms with Gasteiger partial charge in [-0.05, 0) is 0 Å². The Morgan fingerprint density at radius 3 is 2.78 bits per heavy atom. The molecule has 1 fully saturated rings. The van der Waals surface area contributed by atoms with Crippen LogP contribution in [0.4, 0.5) is 0 Å². The van der Waals surface area contributed by atoms with E-state index in [1.54, 1.807) is 0 Å². The number of hydrogen-bond donors (Lipinski definition) is 1. The van der Waals surface area contributed by atoms with E-state index in [-0.39, 0.29) is 31.6 Å². The molecule has 0 radical (unpaired) electrons. The predicted molar refractivity (Wildman–Crippen MR) is 36.4 cm³/mol. The molecule has 2 nitrogen and oxygen atoms in total. The number of aliphatic hydroxyl groups excluding tert-OH is 1. The minimum atomic E-state index is -0.172. The SMILES string of the molecule is [CH2]=[Al][C]1(C#N)CC1CO. The average Bonchev–Trinajstić information content (AvgIpc) is 2.63. The molecule has 2 unspecified atom stereocenters. The summed E-state index contributed by atoms with van der Waals surface area (Å²) < 4.78 is -0.172. The average molecular weight is 137 g/mol. The molecule has 1 saturated carbocycles. The molecule has 0 heterocycles. The molecule has 1 aliphatic carbocycles. The molecule has 0 aliphatic heterocycles. The maximum absolute atomic E-state index is 8.64. The first kappa shape index (κ1) is 6.97. The van der Waals surface area contributed by atoms with Crippen LogP contribution in [-0.4, -0.2) is 31.9 Å². The van der Waals surface area contributed by atoms with Gasteiger partial charge in [0.25, 0.3) is 0 Å². The number of nitrogens with zero attached hydrogens (tertiary/aromatic N) is 1. The molecule has 0 spiro atoms. The van der Waals surface area contributed by atoms with Crippen molar-refractivity contribution in [3.63, 3.8) is 0 Å².